The summed E-state index contributed by atoms with van der Waals surface area (Å²) in [5, 5.41) is 9.18. The Balaban J connectivity index is 1.46. The lowest BCUT2D eigenvalue weighted by molar-refractivity contribution is -0.157. The van der Waals surface area contributed by atoms with Gasteiger partial charge >= 0.3 is 5.97 Å². The van der Waals surface area contributed by atoms with Crippen molar-refractivity contribution in [3.05, 3.63) is 24.3 Å². The van der Waals surface area contributed by atoms with E-state index in [9.17, 15) is 19.5 Å². The van der Waals surface area contributed by atoms with E-state index in [-0.39, 0.29) is 25.0 Å². The van der Waals surface area contributed by atoms with Crippen LogP contribution >= 0.6 is 0 Å². The second-order valence-electron chi connectivity index (χ2n) is 10.5. The number of nitrogens with zero attached hydrogens (tertiary/aromatic N) is 3. The van der Waals surface area contributed by atoms with Gasteiger partial charge in [0, 0.05) is 45.9 Å². The molecule has 0 radical (unpaired) electrons. The number of likely N-dealkylation sites (tertiary alicyclic amines) is 1. The van der Waals surface area contributed by atoms with Gasteiger partial charge in [0.15, 0.2) is 0 Å². The van der Waals surface area contributed by atoms with Gasteiger partial charge in [-0.1, -0.05) is 18.2 Å². The summed E-state index contributed by atoms with van der Waals surface area (Å²) in [7, 11) is 0. The molecule has 0 aromatic rings. The molecule has 36 heavy (non-hydrogen) atoms. The van der Waals surface area contributed by atoms with Gasteiger partial charge in [0.05, 0.1) is 24.7 Å². The highest BCUT2D eigenvalue weighted by molar-refractivity contribution is 5.99. The highest BCUT2D eigenvalue weighted by Gasteiger charge is 2.74. The summed E-state index contributed by atoms with van der Waals surface area (Å²) in [5.74, 6) is -2.51. The first-order valence-electron chi connectivity index (χ1n) is 13.1. The van der Waals surface area contributed by atoms with Crippen LogP contribution in [0.4, 0.5) is 0 Å². The zero-order valence-electron chi connectivity index (χ0n) is 21.0. The lowest BCUT2D eigenvalue weighted by atomic mass is 9.75. The summed E-state index contributed by atoms with van der Waals surface area (Å²) < 4.78 is 17.5. The van der Waals surface area contributed by atoms with Crippen LogP contribution in [-0.4, -0.2) is 121 Å². The molecule has 198 valence electrons. The molecule has 3 saturated heterocycles. The van der Waals surface area contributed by atoms with E-state index < -0.39 is 35.0 Å². The van der Waals surface area contributed by atoms with Crippen molar-refractivity contribution in [2.75, 3.05) is 65.7 Å². The smallest absolute Gasteiger partial charge is 0.313 e. The third-order valence-electron chi connectivity index (χ3n) is 8.24. The molecule has 1 spiro atoms. The summed E-state index contributed by atoms with van der Waals surface area (Å²) >= 11 is 0. The number of hydrogen-bond acceptors (Lipinski definition) is 8. The molecule has 5 aliphatic rings. The highest BCUT2D eigenvalue weighted by Crippen LogP contribution is 2.57. The Kier molecular flexibility index (Phi) is 7.22. The minimum absolute atomic E-state index is 0.0860. The van der Waals surface area contributed by atoms with E-state index in [1.165, 1.54) is 0 Å². The van der Waals surface area contributed by atoms with Crippen LogP contribution in [0.25, 0.3) is 0 Å². The first kappa shape index (κ1) is 25.4. The molecular weight excluding hydrogens is 466 g/mol. The third-order valence-corrected chi connectivity index (χ3v) is 8.24. The molecule has 5 aliphatic heterocycles. The number of carbonyl (C=O) groups is 3. The lowest BCUT2D eigenvalue weighted by Gasteiger charge is -2.37. The first-order chi connectivity index (χ1) is 17.4. The molecule has 0 bridgehead atoms. The Labute approximate surface area is 211 Å². The number of cyclic esters (lactones) is 1. The van der Waals surface area contributed by atoms with Crippen LogP contribution in [0, 0.1) is 11.8 Å². The molecule has 0 aromatic heterocycles. The van der Waals surface area contributed by atoms with Crippen molar-refractivity contribution in [1.29, 1.82) is 0 Å². The fourth-order valence-electron chi connectivity index (χ4n) is 6.50. The predicted octanol–water partition coefficient (Wildman–Crippen LogP) is -0.0365. The van der Waals surface area contributed by atoms with Crippen molar-refractivity contribution in [3.8, 4) is 0 Å². The lowest BCUT2D eigenvalue weighted by Crippen LogP contribution is -2.56. The number of rotatable bonds is 8. The number of aliphatic hydroxyl groups is 1. The Morgan fingerprint density at radius 1 is 0.972 bits per heavy atom. The van der Waals surface area contributed by atoms with Crippen LogP contribution in [0.3, 0.4) is 0 Å². The largest absolute Gasteiger partial charge is 0.461 e. The average Bonchev–Trinajstić information content (AvgIpc) is 3.12. The zero-order valence-corrected chi connectivity index (χ0v) is 21.0. The molecule has 0 aliphatic carbocycles. The van der Waals surface area contributed by atoms with E-state index in [0.717, 1.165) is 26.1 Å². The summed E-state index contributed by atoms with van der Waals surface area (Å²) in [5.41, 5.74) is -2.28. The maximum atomic E-state index is 14.1. The number of esters is 1. The Morgan fingerprint density at radius 3 is 2.56 bits per heavy atom. The van der Waals surface area contributed by atoms with E-state index in [2.05, 4.69) is 4.90 Å². The van der Waals surface area contributed by atoms with E-state index in [0.29, 0.717) is 45.7 Å². The van der Waals surface area contributed by atoms with Crippen molar-refractivity contribution in [2.24, 2.45) is 11.8 Å². The summed E-state index contributed by atoms with van der Waals surface area (Å²) in [6.45, 7) is 7.14. The minimum Gasteiger partial charge on any atom is -0.461 e. The maximum Gasteiger partial charge on any atom is 0.313 e. The van der Waals surface area contributed by atoms with Gasteiger partial charge in [0.1, 0.15) is 24.2 Å². The number of ether oxygens (including phenoxy) is 3. The number of carbonyl (C=O) groups excluding carboxylic acids is 3. The molecule has 5 rings (SSSR count). The van der Waals surface area contributed by atoms with Crippen LogP contribution in [0.1, 0.15) is 26.2 Å². The first-order valence-corrected chi connectivity index (χ1v) is 13.1. The number of aliphatic hydroxyl groups excluding tert-OH is 1. The van der Waals surface area contributed by atoms with Gasteiger partial charge in [-0.15, -0.1) is 0 Å². The highest BCUT2D eigenvalue weighted by atomic mass is 16.6. The van der Waals surface area contributed by atoms with Gasteiger partial charge in [-0.3, -0.25) is 19.3 Å². The second kappa shape index (κ2) is 10.2. The molecule has 0 aromatic carbocycles. The van der Waals surface area contributed by atoms with Gasteiger partial charge in [0.25, 0.3) is 0 Å². The molecule has 5 atom stereocenters. The predicted molar refractivity (Wildman–Crippen MR) is 129 cm³/mol. The monoisotopic (exact) mass is 503 g/mol. The quantitative estimate of drug-likeness (QED) is 0.279. The van der Waals surface area contributed by atoms with Crippen molar-refractivity contribution < 1.29 is 33.7 Å². The fourth-order valence-corrected chi connectivity index (χ4v) is 6.50. The van der Waals surface area contributed by atoms with Gasteiger partial charge < -0.3 is 29.1 Å². The standard InChI is InChI=1S/C26H37N3O7/c1-25-7-6-16-35-24(33)20(25)19-22(31)29(10-3-2-4-15-30)21-23(32)28(9-5-8-26(19,21)36-25)12-11-27-13-17-34-18-14-27/h5-8,19-21,30H,2-4,9-18H2,1H3/t19-,20+,21?,25-,26-/m0/s1. The zero-order chi connectivity index (χ0) is 25.3. The summed E-state index contributed by atoms with van der Waals surface area (Å²) in [6, 6.07) is -0.850. The molecule has 5 heterocycles. The van der Waals surface area contributed by atoms with E-state index in [1.807, 2.05) is 25.2 Å². The Morgan fingerprint density at radius 2 is 1.78 bits per heavy atom. The van der Waals surface area contributed by atoms with Crippen molar-refractivity contribution in [1.82, 2.24) is 14.7 Å². The van der Waals surface area contributed by atoms with Crippen LogP contribution in [0.5, 0.6) is 0 Å². The molecule has 1 N–H and O–H groups in total. The number of amides is 2. The number of fused-ring (bicyclic) bond motifs is 2. The van der Waals surface area contributed by atoms with Crippen LogP contribution in [0.15, 0.2) is 24.3 Å². The van der Waals surface area contributed by atoms with E-state index >= 15 is 0 Å². The molecule has 10 nitrogen and oxygen atoms in total. The van der Waals surface area contributed by atoms with Crippen molar-refractivity contribution in [3.63, 3.8) is 0 Å². The van der Waals surface area contributed by atoms with Crippen molar-refractivity contribution >= 4 is 17.8 Å². The number of hydrogen-bond donors (Lipinski definition) is 1. The van der Waals surface area contributed by atoms with Gasteiger partial charge in [0.2, 0.25) is 11.8 Å². The summed E-state index contributed by atoms with van der Waals surface area (Å²) in [6.07, 6.45) is 9.36. The minimum atomic E-state index is -1.24. The molecule has 2 amide bonds. The number of morpholine rings is 1. The fraction of sp³-hybridized carbons (Fsp3) is 0.731. The molecule has 3 fully saturated rings. The second-order valence-corrected chi connectivity index (χ2v) is 10.5. The van der Waals surface area contributed by atoms with Crippen LogP contribution in [0.2, 0.25) is 0 Å². The Bertz CT molecular complexity index is 932. The van der Waals surface area contributed by atoms with Crippen molar-refractivity contribution in [2.45, 2.75) is 43.4 Å². The molecule has 1 unspecified atom stereocenters. The van der Waals surface area contributed by atoms with E-state index in [1.54, 1.807) is 15.9 Å². The molecular formula is C26H37N3O7. The normalized spacial score (nSPS) is 36.4. The van der Waals surface area contributed by atoms with Gasteiger partial charge in [-0.2, -0.15) is 0 Å². The maximum absolute atomic E-state index is 14.1. The topological polar surface area (TPSA) is 109 Å². The van der Waals surface area contributed by atoms with Crippen LogP contribution < -0.4 is 0 Å². The molecule has 0 saturated carbocycles. The summed E-state index contributed by atoms with van der Waals surface area (Å²) in [4.78, 5) is 46.9. The SMILES string of the molecule is C[C@]12C=CCOC(=O)[C@H]1[C@H]1C(=O)N(CCCCCO)C3C(=O)N(CCN4CCOCC4)CC=C[C@@]31O2. The van der Waals surface area contributed by atoms with Gasteiger partial charge in [-0.05, 0) is 32.3 Å². The van der Waals surface area contributed by atoms with E-state index in [4.69, 9.17) is 14.2 Å². The van der Waals surface area contributed by atoms with Gasteiger partial charge in [-0.25, -0.2) is 0 Å². The average molecular weight is 504 g/mol. The number of unbranched alkanes of at least 4 members (excludes halogenated alkanes) is 2. The Hall–Kier alpha value is -2.27. The molecule has 10 heteroatoms. The third kappa shape index (κ3) is 4.27. The van der Waals surface area contributed by atoms with Crippen LogP contribution in [-0.2, 0) is 28.6 Å².